The monoisotopic (exact) mass is 247 g/mol. The van der Waals surface area contributed by atoms with E-state index in [0.29, 0.717) is 6.04 Å². The Morgan fingerprint density at radius 2 is 2.11 bits per heavy atom. The van der Waals surface area contributed by atoms with Crippen molar-refractivity contribution in [2.24, 2.45) is 5.73 Å². The Morgan fingerprint density at radius 1 is 1.44 bits per heavy atom. The van der Waals surface area contributed by atoms with Gasteiger partial charge in [0, 0.05) is 26.2 Å². The van der Waals surface area contributed by atoms with Crippen molar-refractivity contribution >= 4 is 17.2 Å². The summed E-state index contributed by atoms with van der Waals surface area (Å²) in [6.07, 6.45) is 3.62. The van der Waals surface area contributed by atoms with Crippen molar-refractivity contribution in [1.82, 2.24) is 9.97 Å². The van der Waals surface area contributed by atoms with E-state index in [4.69, 9.17) is 5.73 Å². The van der Waals surface area contributed by atoms with Crippen LogP contribution in [-0.4, -0.2) is 36.1 Å². The minimum atomic E-state index is 0.320. The van der Waals surface area contributed by atoms with E-state index >= 15 is 0 Å². The molecule has 5 heteroatoms. The van der Waals surface area contributed by atoms with E-state index in [1.165, 1.54) is 0 Å². The van der Waals surface area contributed by atoms with Crippen molar-refractivity contribution in [3.63, 3.8) is 0 Å². The molecule has 1 aromatic heterocycles. The van der Waals surface area contributed by atoms with Crippen LogP contribution in [0.15, 0.2) is 12.9 Å². The van der Waals surface area contributed by atoms with Crippen LogP contribution in [0, 0.1) is 0 Å². The number of nitrogens with zero attached hydrogens (tertiary/aromatic N) is 3. The van der Waals surface area contributed by atoms with Gasteiger partial charge < -0.3 is 16.0 Å². The zero-order valence-electron chi connectivity index (χ0n) is 11.1. The molecule has 0 radical (unpaired) electrons. The molecule has 1 fully saturated rings. The SMILES string of the molecule is C=C(C)c1c(NC)ncnc1N1CCC(N)CC1. The molecule has 1 saturated heterocycles. The average Bonchev–Trinajstić information content (AvgIpc) is 2.38. The molecule has 2 heterocycles. The first-order valence-corrected chi connectivity index (χ1v) is 6.32. The van der Waals surface area contributed by atoms with Gasteiger partial charge in [0.25, 0.3) is 0 Å². The highest BCUT2D eigenvalue weighted by Crippen LogP contribution is 2.30. The quantitative estimate of drug-likeness (QED) is 0.847. The van der Waals surface area contributed by atoms with Gasteiger partial charge in [0.2, 0.25) is 0 Å². The number of rotatable bonds is 3. The Morgan fingerprint density at radius 3 is 2.67 bits per heavy atom. The van der Waals surface area contributed by atoms with Crippen LogP contribution in [0.4, 0.5) is 11.6 Å². The maximum absolute atomic E-state index is 5.94. The van der Waals surface area contributed by atoms with Gasteiger partial charge in [-0.3, -0.25) is 0 Å². The third-order valence-corrected chi connectivity index (χ3v) is 3.33. The molecule has 1 aliphatic rings. The Bertz CT molecular complexity index is 435. The Kier molecular flexibility index (Phi) is 3.81. The molecule has 1 aliphatic heterocycles. The summed E-state index contributed by atoms with van der Waals surface area (Å²) in [5, 5.41) is 3.10. The van der Waals surface area contributed by atoms with Gasteiger partial charge in [0.05, 0.1) is 5.56 Å². The van der Waals surface area contributed by atoms with E-state index in [1.807, 2.05) is 14.0 Å². The van der Waals surface area contributed by atoms with Crippen LogP contribution in [0.2, 0.25) is 0 Å². The second kappa shape index (κ2) is 5.35. The lowest BCUT2D eigenvalue weighted by atomic mass is 10.0. The zero-order chi connectivity index (χ0) is 13.1. The van der Waals surface area contributed by atoms with Crippen LogP contribution in [0.5, 0.6) is 0 Å². The predicted octanol–water partition coefficient (Wildman–Crippen LogP) is 1.48. The highest BCUT2D eigenvalue weighted by Gasteiger charge is 2.21. The third kappa shape index (κ3) is 2.46. The molecule has 0 aliphatic carbocycles. The molecule has 2 rings (SSSR count). The second-order valence-corrected chi connectivity index (χ2v) is 4.78. The van der Waals surface area contributed by atoms with Crippen LogP contribution < -0.4 is 16.0 Å². The molecule has 0 atom stereocenters. The molecule has 0 amide bonds. The molecule has 98 valence electrons. The number of anilines is 2. The number of allylic oxidation sites excluding steroid dienone is 1. The van der Waals surface area contributed by atoms with Crippen molar-refractivity contribution < 1.29 is 0 Å². The lowest BCUT2D eigenvalue weighted by Crippen LogP contribution is -2.40. The Balaban J connectivity index is 2.35. The van der Waals surface area contributed by atoms with Crippen molar-refractivity contribution in [2.75, 3.05) is 30.4 Å². The number of nitrogens with one attached hydrogen (secondary N) is 1. The normalized spacial score (nSPS) is 16.7. The van der Waals surface area contributed by atoms with Crippen molar-refractivity contribution in [3.05, 3.63) is 18.5 Å². The fraction of sp³-hybridized carbons (Fsp3) is 0.538. The number of hydrogen-bond donors (Lipinski definition) is 2. The number of nitrogens with two attached hydrogens (primary N) is 1. The molecule has 0 bridgehead atoms. The van der Waals surface area contributed by atoms with Crippen molar-refractivity contribution in [3.8, 4) is 0 Å². The fourth-order valence-electron chi connectivity index (χ4n) is 2.31. The topological polar surface area (TPSA) is 67.1 Å². The van der Waals surface area contributed by atoms with Gasteiger partial charge >= 0.3 is 0 Å². The van der Waals surface area contributed by atoms with Crippen LogP contribution in [0.1, 0.15) is 25.3 Å². The standard InChI is InChI=1S/C13H21N5/c1-9(2)11-12(15-3)16-8-17-13(11)18-6-4-10(14)5-7-18/h8,10H,1,4-7,14H2,2-3H3,(H,15,16,17). The van der Waals surface area contributed by atoms with Crippen LogP contribution in [-0.2, 0) is 0 Å². The highest BCUT2D eigenvalue weighted by atomic mass is 15.2. The molecule has 0 saturated carbocycles. The summed E-state index contributed by atoms with van der Waals surface area (Å²) in [5.41, 5.74) is 7.93. The summed E-state index contributed by atoms with van der Waals surface area (Å²) in [6, 6.07) is 0.320. The summed E-state index contributed by atoms with van der Waals surface area (Å²) in [7, 11) is 1.87. The summed E-state index contributed by atoms with van der Waals surface area (Å²) < 4.78 is 0. The van der Waals surface area contributed by atoms with E-state index in [-0.39, 0.29) is 0 Å². The molecular formula is C13H21N5. The Labute approximate surface area is 108 Å². The van der Waals surface area contributed by atoms with Gasteiger partial charge in [0.15, 0.2) is 0 Å². The second-order valence-electron chi connectivity index (χ2n) is 4.78. The molecule has 0 unspecified atom stereocenters. The van der Waals surface area contributed by atoms with E-state index in [2.05, 4.69) is 26.8 Å². The number of piperidine rings is 1. The van der Waals surface area contributed by atoms with Gasteiger partial charge in [-0.15, -0.1) is 0 Å². The van der Waals surface area contributed by atoms with Gasteiger partial charge in [-0.2, -0.15) is 0 Å². The zero-order valence-corrected chi connectivity index (χ0v) is 11.1. The van der Waals surface area contributed by atoms with Gasteiger partial charge in [-0.1, -0.05) is 6.58 Å². The molecule has 18 heavy (non-hydrogen) atoms. The first kappa shape index (κ1) is 12.8. The van der Waals surface area contributed by atoms with Gasteiger partial charge in [-0.05, 0) is 25.3 Å². The Hall–Kier alpha value is -1.62. The summed E-state index contributed by atoms with van der Waals surface area (Å²) in [5.74, 6) is 1.80. The highest BCUT2D eigenvalue weighted by molar-refractivity contribution is 5.80. The summed E-state index contributed by atoms with van der Waals surface area (Å²) in [4.78, 5) is 11.0. The largest absolute Gasteiger partial charge is 0.372 e. The van der Waals surface area contributed by atoms with Crippen LogP contribution in [0.25, 0.3) is 5.57 Å². The molecular weight excluding hydrogens is 226 g/mol. The number of aromatic nitrogens is 2. The predicted molar refractivity (Wildman–Crippen MR) is 75.7 cm³/mol. The van der Waals surface area contributed by atoms with E-state index in [9.17, 15) is 0 Å². The van der Waals surface area contributed by atoms with E-state index in [1.54, 1.807) is 6.33 Å². The summed E-state index contributed by atoms with van der Waals surface area (Å²) >= 11 is 0. The maximum Gasteiger partial charge on any atom is 0.141 e. The lowest BCUT2D eigenvalue weighted by Gasteiger charge is -2.32. The molecule has 1 aromatic rings. The van der Waals surface area contributed by atoms with Crippen LogP contribution in [0.3, 0.4) is 0 Å². The maximum atomic E-state index is 5.94. The van der Waals surface area contributed by atoms with Gasteiger partial charge in [-0.25, -0.2) is 9.97 Å². The lowest BCUT2D eigenvalue weighted by molar-refractivity contribution is 0.498. The fourth-order valence-corrected chi connectivity index (χ4v) is 2.31. The third-order valence-electron chi connectivity index (χ3n) is 3.33. The molecule has 3 N–H and O–H groups in total. The smallest absolute Gasteiger partial charge is 0.141 e. The van der Waals surface area contributed by atoms with Crippen molar-refractivity contribution in [2.45, 2.75) is 25.8 Å². The van der Waals surface area contributed by atoms with Crippen LogP contribution >= 0.6 is 0 Å². The minimum Gasteiger partial charge on any atom is -0.372 e. The molecule has 0 spiro atoms. The van der Waals surface area contributed by atoms with Gasteiger partial charge in [0.1, 0.15) is 18.0 Å². The summed E-state index contributed by atoms with van der Waals surface area (Å²) in [6.45, 7) is 7.91. The number of hydrogen-bond acceptors (Lipinski definition) is 5. The van der Waals surface area contributed by atoms with Crippen molar-refractivity contribution in [1.29, 1.82) is 0 Å². The first-order chi connectivity index (χ1) is 8.63. The minimum absolute atomic E-state index is 0.320. The first-order valence-electron chi connectivity index (χ1n) is 6.32. The molecule has 0 aromatic carbocycles. The van der Waals surface area contributed by atoms with E-state index in [0.717, 1.165) is 48.7 Å². The molecule has 5 nitrogen and oxygen atoms in total. The van der Waals surface area contributed by atoms with E-state index < -0.39 is 0 Å². The average molecular weight is 247 g/mol.